The van der Waals surface area contributed by atoms with E-state index in [2.05, 4.69) is 5.32 Å². The molecule has 25 heavy (non-hydrogen) atoms. The van der Waals surface area contributed by atoms with Crippen LogP contribution in [0.5, 0.6) is 0 Å². The highest BCUT2D eigenvalue weighted by molar-refractivity contribution is 8.01. The molecule has 1 aliphatic rings. The van der Waals surface area contributed by atoms with Crippen LogP contribution in [-0.2, 0) is 25.7 Å². The molecule has 1 fully saturated rings. The molecule has 1 saturated heterocycles. The zero-order valence-electron chi connectivity index (χ0n) is 14.7. The minimum atomic E-state index is -1.08. The van der Waals surface area contributed by atoms with Crippen LogP contribution in [0.2, 0.25) is 0 Å². The Bertz CT molecular complexity index is 584. The molecule has 1 amide bonds. The third-order valence-corrected chi connectivity index (χ3v) is 5.44. The van der Waals surface area contributed by atoms with E-state index in [4.69, 9.17) is 15.2 Å². The summed E-state index contributed by atoms with van der Waals surface area (Å²) in [6.07, 6.45) is 0.484. The second-order valence-electron chi connectivity index (χ2n) is 6.16. The molecule has 0 saturated carbocycles. The van der Waals surface area contributed by atoms with Gasteiger partial charge in [0.1, 0.15) is 12.5 Å². The third kappa shape index (κ3) is 5.20. The van der Waals surface area contributed by atoms with Gasteiger partial charge in [-0.3, -0.25) is 9.59 Å². The van der Waals surface area contributed by atoms with Gasteiger partial charge in [0.2, 0.25) is 11.0 Å². The van der Waals surface area contributed by atoms with Crippen molar-refractivity contribution in [3.8, 4) is 0 Å². The summed E-state index contributed by atoms with van der Waals surface area (Å²) < 4.78 is 11.4. The first kappa shape index (κ1) is 19.8. The van der Waals surface area contributed by atoms with Crippen LogP contribution in [0.3, 0.4) is 0 Å². The van der Waals surface area contributed by atoms with Crippen LogP contribution in [0.15, 0.2) is 30.3 Å². The van der Waals surface area contributed by atoms with E-state index in [0.29, 0.717) is 19.6 Å². The van der Waals surface area contributed by atoms with E-state index in [1.54, 1.807) is 0 Å². The average Bonchev–Trinajstić information content (AvgIpc) is 3.00. The van der Waals surface area contributed by atoms with Gasteiger partial charge in [-0.05, 0) is 31.4 Å². The van der Waals surface area contributed by atoms with Crippen molar-refractivity contribution in [1.82, 2.24) is 5.32 Å². The summed E-state index contributed by atoms with van der Waals surface area (Å²) in [6, 6.07) is 9.49. The number of amides is 1. The quantitative estimate of drug-likeness (QED) is 0.649. The molecule has 138 valence electrons. The van der Waals surface area contributed by atoms with E-state index in [9.17, 15) is 9.59 Å². The number of nitrogens with two attached hydrogens (primary N) is 1. The fourth-order valence-electron chi connectivity index (χ4n) is 2.75. The number of nitrogens with one attached hydrogen (secondary N) is 1. The Hall–Kier alpha value is -1.57. The summed E-state index contributed by atoms with van der Waals surface area (Å²) in [5, 5.41) is 1.76. The molecule has 2 rings (SSSR count). The summed E-state index contributed by atoms with van der Waals surface area (Å²) in [4.78, 5) is 24.6. The Morgan fingerprint density at radius 3 is 2.68 bits per heavy atom. The molecule has 2 unspecified atom stereocenters. The van der Waals surface area contributed by atoms with Crippen LogP contribution >= 0.6 is 11.8 Å². The summed E-state index contributed by atoms with van der Waals surface area (Å²) in [5.74, 6) is -0.776. The minimum Gasteiger partial charge on any atom is -0.460 e. The lowest BCUT2D eigenvalue weighted by Crippen LogP contribution is -2.52. The number of hydrogen-bond acceptors (Lipinski definition) is 6. The van der Waals surface area contributed by atoms with Crippen molar-refractivity contribution in [2.45, 2.75) is 31.9 Å². The number of esters is 1. The number of ether oxygens (including phenoxy) is 2. The lowest BCUT2D eigenvalue weighted by Gasteiger charge is -2.35. The molecule has 7 heteroatoms. The topological polar surface area (TPSA) is 90.7 Å². The highest BCUT2D eigenvalue weighted by Gasteiger charge is 2.50. The van der Waals surface area contributed by atoms with E-state index in [1.807, 2.05) is 44.2 Å². The van der Waals surface area contributed by atoms with Crippen molar-refractivity contribution in [3.05, 3.63) is 35.9 Å². The van der Waals surface area contributed by atoms with Gasteiger partial charge >= 0.3 is 5.97 Å². The molecule has 1 aliphatic heterocycles. The van der Waals surface area contributed by atoms with Crippen molar-refractivity contribution >= 4 is 23.6 Å². The SMILES string of the molecule is CCOC1([C@@H](CC(C)CN)C(=O)OCc2ccccc2)NC(=O)CS1. The molecule has 0 spiro atoms. The molecule has 6 nitrogen and oxygen atoms in total. The number of benzene rings is 1. The fraction of sp³-hybridized carbons (Fsp3) is 0.556. The minimum absolute atomic E-state index is 0.102. The van der Waals surface area contributed by atoms with Crippen LogP contribution in [0.25, 0.3) is 0 Å². The van der Waals surface area contributed by atoms with Crippen molar-refractivity contribution in [2.75, 3.05) is 18.9 Å². The molecular formula is C18H26N2O4S. The number of carbonyl (C=O) groups excluding carboxylic acids is 2. The molecule has 1 heterocycles. The van der Waals surface area contributed by atoms with Crippen molar-refractivity contribution in [3.63, 3.8) is 0 Å². The lowest BCUT2D eigenvalue weighted by atomic mass is 9.93. The summed E-state index contributed by atoms with van der Waals surface area (Å²) in [7, 11) is 0. The molecule has 1 aromatic rings. The Morgan fingerprint density at radius 2 is 2.12 bits per heavy atom. The van der Waals surface area contributed by atoms with Crippen molar-refractivity contribution in [1.29, 1.82) is 0 Å². The molecule has 3 N–H and O–H groups in total. The highest BCUT2D eigenvalue weighted by Crippen LogP contribution is 2.40. The average molecular weight is 366 g/mol. The summed E-state index contributed by atoms with van der Waals surface area (Å²) >= 11 is 1.31. The first-order valence-corrected chi connectivity index (χ1v) is 9.48. The standard InChI is InChI=1S/C18H26N2O4S/c1-3-24-18(20-16(21)12-25-18)15(9-13(2)10-19)17(22)23-11-14-7-5-4-6-8-14/h4-8,13,15H,3,9-12,19H2,1-2H3,(H,20,21)/t13?,15-,18?/m0/s1. The van der Waals surface area contributed by atoms with Gasteiger partial charge in [-0.15, -0.1) is 0 Å². The first-order valence-electron chi connectivity index (χ1n) is 8.50. The predicted octanol–water partition coefficient (Wildman–Crippen LogP) is 1.88. The molecule has 0 aromatic heterocycles. The molecule has 1 aromatic carbocycles. The third-order valence-electron chi connectivity index (χ3n) is 4.10. The van der Waals surface area contributed by atoms with Gasteiger partial charge in [0.15, 0.2) is 0 Å². The molecular weight excluding hydrogens is 340 g/mol. The maximum absolute atomic E-state index is 12.8. The smallest absolute Gasteiger partial charge is 0.315 e. The maximum atomic E-state index is 12.8. The highest BCUT2D eigenvalue weighted by atomic mass is 32.2. The normalized spacial score (nSPS) is 22.3. The van der Waals surface area contributed by atoms with Crippen LogP contribution in [0.1, 0.15) is 25.8 Å². The monoisotopic (exact) mass is 366 g/mol. The van der Waals surface area contributed by atoms with Crippen molar-refractivity contribution < 1.29 is 19.1 Å². The van der Waals surface area contributed by atoms with Crippen LogP contribution in [0.4, 0.5) is 0 Å². The van der Waals surface area contributed by atoms with Gasteiger partial charge in [0.25, 0.3) is 0 Å². The van der Waals surface area contributed by atoms with Gasteiger partial charge in [0, 0.05) is 6.61 Å². The number of rotatable bonds is 9. The van der Waals surface area contributed by atoms with Crippen molar-refractivity contribution in [2.24, 2.45) is 17.6 Å². The maximum Gasteiger partial charge on any atom is 0.315 e. The van der Waals surface area contributed by atoms with Gasteiger partial charge in [-0.25, -0.2) is 0 Å². The van der Waals surface area contributed by atoms with E-state index >= 15 is 0 Å². The molecule has 3 atom stereocenters. The molecule has 0 aliphatic carbocycles. The first-order chi connectivity index (χ1) is 12.0. The van der Waals surface area contributed by atoms with Gasteiger partial charge in [0.05, 0.1) is 5.75 Å². The zero-order valence-corrected chi connectivity index (χ0v) is 15.5. The Labute approximate surface area is 152 Å². The Morgan fingerprint density at radius 1 is 1.40 bits per heavy atom. The number of thioether (sulfide) groups is 1. The summed E-state index contributed by atoms with van der Waals surface area (Å²) in [6.45, 7) is 4.83. The van der Waals surface area contributed by atoms with Gasteiger partial charge in [-0.2, -0.15) is 0 Å². The fourth-order valence-corrected chi connectivity index (χ4v) is 3.95. The second kappa shape index (κ2) is 9.22. The Kier molecular flexibility index (Phi) is 7.28. The zero-order chi connectivity index (χ0) is 18.3. The largest absolute Gasteiger partial charge is 0.460 e. The van der Waals surface area contributed by atoms with Crippen LogP contribution in [0, 0.1) is 11.8 Å². The second-order valence-corrected chi connectivity index (χ2v) is 7.34. The molecule has 0 bridgehead atoms. The van der Waals surface area contributed by atoms with E-state index in [0.717, 1.165) is 5.56 Å². The number of hydrogen-bond donors (Lipinski definition) is 2. The van der Waals surface area contributed by atoms with Crippen LogP contribution < -0.4 is 11.1 Å². The van der Waals surface area contributed by atoms with Gasteiger partial charge < -0.3 is 20.5 Å². The summed E-state index contributed by atoms with van der Waals surface area (Å²) in [5.41, 5.74) is 6.65. The van der Waals surface area contributed by atoms with E-state index < -0.39 is 11.0 Å². The Balaban J connectivity index is 2.15. The number of carbonyl (C=O) groups is 2. The van der Waals surface area contributed by atoms with E-state index in [1.165, 1.54) is 11.8 Å². The molecule has 0 radical (unpaired) electrons. The van der Waals surface area contributed by atoms with Crippen LogP contribution in [-0.4, -0.2) is 35.8 Å². The van der Waals surface area contributed by atoms with Gasteiger partial charge in [-0.1, -0.05) is 49.0 Å². The van der Waals surface area contributed by atoms with E-state index in [-0.39, 0.29) is 30.2 Å². The lowest BCUT2D eigenvalue weighted by molar-refractivity contribution is -0.161. The predicted molar refractivity (Wildman–Crippen MR) is 97.5 cm³/mol.